The minimum atomic E-state index is -3.59. The second-order valence-corrected chi connectivity index (χ2v) is 8.17. The topological polar surface area (TPSA) is 82.3 Å². The first kappa shape index (κ1) is 18.2. The molecular weight excluding hydrogens is 326 g/mol. The Hall–Kier alpha value is -2.12. The summed E-state index contributed by atoms with van der Waals surface area (Å²) in [5.74, 6) is -0.302. The van der Waals surface area contributed by atoms with Crippen molar-refractivity contribution in [1.29, 1.82) is 0 Å². The molecule has 2 N–H and O–H groups in total. The third-order valence-corrected chi connectivity index (χ3v) is 5.86. The average Bonchev–Trinajstić information content (AvgIpc) is 2.82. The number of nitrogens with one attached hydrogen (secondary N) is 2. The first-order chi connectivity index (χ1) is 11.1. The summed E-state index contributed by atoms with van der Waals surface area (Å²) in [6.45, 7) is 6.00. The number of hydrogen-bond acceptors (Lipinski definition) is 3. The van der Waals surface area contributed by atoms with Crippen LogP contribution in [0.15, 0.2) is 29.2 Å². The van der Waals surface area contributed by atoms with Crippen LogP contribution in [0.4, 0.5) is 0 Å². The highest BCUT2D eigenvalue weighted by molar-refractivity contribution is 7.89. The van der Waals surface area contributed by atoms with Crippen molar-refractivity contribution in [3.8, 4) is 0 Å². The number of hydrogen-bond donors (Lipinski definition) is 2. The zero-order chi connectivity index (χ0) is 18.1. The third-order valence-electron chi connectivity index (χ3n) is 3.91. The lowest BCUT2D eigenvalue weighted by Gasteiger charge is -2.14. The number of carbonyl (C=O) groups excluding carboxylic acids is 1. The van der Waals surface area contributed by atoms with Gasteiger partial charge < -0.3 is 10.3 Å². The molecule has 0 atom stereocenters. The van der Waals surface area contributed by atoms with Crippen molar-refractivity contribution < 1.29 is 13.2 Å². The molecule has 0 aliphatic heterocycles. The molecule has 1 heterocycles. The number of rotatable bonds is 5. The molecular formula is C17H23N3O3S. The Morgan fingerprint density at radius 1 is 1.17 bits per heavy atom. The van der Waals surface area contributed by atoms with Gasteiger partial charge in [-0.2, -0.15) is 0 Å². The van der Waals surface area contributed by atoms with E-state index in [1.807, 2.05) is 19.9 Å². The predicted octanol–water partition coefficient (Wildman–Crippen LogP) is 2.12. The zero-order valence-corrected chi connectivity index (χ0v) is 15.4. The molecule has 2 aromatic rings. The number of sulfonamides is 1. The lowest BCUT2D eigenvalue weighted by molar-refractivity contribution is 0.0950. The maximum absolute atomic E-state index is 12.4. The molecule has 0 unspecified atom stereocenters. The van der Waals surface area contributed by atoms with E-state index in [-0.39, 0.29) is 10.8 Å². The minimum Gasteiger partial charge on any atom is -0.362 e. The van der Waals surface area contributed by atoms with Gasteiger partial charge in [0.05, 0.1) is 4.90 Å². The van der Waals surface area contributed by atoms with E-state index in [9.17, 15) is 13.2 Å². The Bertz CT molecular complexity index is 867. The number of nitrogens with zero attached hydrogens (tertiary/aromatic N) is 1. The summed E-state index contributed by atoms with van der Waals surface area (Å²) in [6.07, 6.45) is 0. The molecule has 24 heavy (non-hydrogen) atoms. The van der Waals surface area contributed by atoms with Gasteiger partial charge in [-0.25, -0.2) is 12.7 Å². The van der Waals surface area contributed by atoms with Gasteiger partial charge in [0.15, 0.2) is 0 Å². The van der Waals surface area contributed by atoms with Crippen molar-refractivity contribution in [2.75, 3.05) is 14.1 Å². The first-order valence-corrected chi connectivity index (χ1v) is 9.03. The van der Waals surface area contributed by atoms with Crippen molar-refractivity contribution in [3.05, 3.63) is 52.3 Å². The summed E-state index contributed by atoms with van der Waals surface area (Å²) in [7, 11) is -0.644. The summed E-state index contributed by atoms with van der Waals surface area (Å²) in [5.41, 5.74) is 3.98. The number of H-pyrrole nitrogens is 1. The Morgan fingerprint density at radius 3 is 2.38 bits per heavy atom. The molecule has 0 radical (unpaired) electrons. The summed E-state index contributed by atoms with van der Waals surface area (Å²) >= 11 is 0. The maximum Gasteiger partial charge on any atom is 0.251 e. The Balaban J connectivity index is 2.23. The van der Waals surface area contributed by atoms with Gasteiger partial charge in [-0.1, -0.05) is 6.07 Å². The van der Waals surface area contributed by atoms with Crippen LogP contribution >= 0.6 is 0 Å². The van der Waals surface area contributed by atoms with E-state index in [1.165, 1.54) is 20.2 Å². The van der Waals surface area contributed by atoms with Crippen LogP contribution < -0.4 is 5.32 Å². The van der Waals surface area contributed by atoms with Gasteiger partial charge >= 0.3 is 0 Å². The highest BCUT2D eigenvalue weighted by Crippen LogP contribution is 2.20. The van der Waals surface area contributed by atoms with Crippen LogP contribution in [0, 0.1) is 20.8 Å². The van der Waals surface area contributed by atoms with E-state index in [4.69, 9.17) is 0 Å². The smallest absolute Gasteiger partial charge is 0.251 e. The van der Waals surface area contributed by atoms with Gasteiger partial charge in [0, 0.05) is 37.6 Å². The molecule has 6 nitrogen and oxygen atoms in total. The normalized spacial score (nSPS) is 11.8. The van der Waals surface area contributed by atoms with E-state index < -0.39 is 10.0 Å². The predicted molar refractivity (Wildman–Crippen MR) is 93.5 cm³/mol. The van der Waals surface area contributed by atoms with Crippen LogP contribution in [0.2, 0.25) is 0 Å². The molecule has 0 aliphatic rings. The Kier molecular flexibility index (Phi) is 5.15. The van der Waals surface area contributed by atoms with Gasteiger partial charge in [0.1, 0.15) is 0 Å². The summed E-state index contributed by atoms with van der Waals surface area (Å²) in [6, 6.07) is 6.69. The largest absolute Gasteiger partial charge is 0.362 e. The van der Waals surface area contributed by atoms with Gasteiger partial charge in [-0.05, 0) is 50.1 Å². The average molecular weight is 349 g/mol. The Labute approximate surface area is 142 Å². The molecule has 1 amide bonds. The van der Waals surface area contributed by atoms with Gasteiger partial charge in [-0.15, -0.1) is 0 Å². The van der Waals surface area contributed by atoms with Crippen LogP contribution in [0.25, 0.3) is 0 Å². The van der Waals surface area contributed by atoms with Crippen molar-refractivity contribution in [2.45, 2.75) is 32.2 Å². The van der Waals surface area contributed by atoms with Crippen LogP contribution in [0.5, 0.6) is 0 Å². The van der Waals surface area contributed by atoms with Gasteiger partial charge in [0.25, 0.3) is 5.91 Å². The highest BCUT2D eigenvalue weighted by atomic mass is 32.2. The fourth-order valence-corrected chi connectivity index (χ4v) is 3.60. The quantitative estimate of drug-likeness (QED) is 0.867. The SMILES string of the molecule is Cc1cc(CNC(=O)c2ccc(C)c(S(=O)(=O)N(C)C)c2)c(C)[nH]1. The number of aromatic amines is 1. The molecule has 0 spiro atoms. The van der Waals surface area contributed by atoms with E-state index in [0.717, 1.165) is 21.3 Å². The first-order valence-electron chi connectivity index (χ1n) is 7.59. The van der Waals surface area contributed by atoms with Gasteiger partial charge in [0.2, 0.25) is 10.0 Å². The highest BCUT2D eigenvalue weighted by Gasteiger charge is 2.21. The van der Waals surface area contributed by atoms with Crippen LogP contribution in [-0.2, 0) is 16.6 Å². The lowest BCUT2D eigenvalue weighted by atomic mass is 10.1. The van der Waals surface area contributed by atoms with Crippen LogP contribution in [0.3, 0.4) is 0 Å². The molecule has 7 heteroatoms. The maximum atomic E-state index is 12.4. The fraction of sp³-hybridized carbons (Fsp3) is 0.353. The molecule has 2 rings (SSSR count). The molecule has 130 valence electrons. The Morgan fingerprint density at radius 2 is 1.83 bits per heavy atom. The van der Waals surface area contributed by atoms with Crippen molar-refractivity contribution in [2.24, 2.45) is 0 Å². The van der Waals surface area contributed by atoms with Gasteiger partial charge in [-0.3, -0.25) is 4.79 Å². The van der Waals surface area contributed by atoms with Crippen molar-refractivity contribution in [1.82, 2.24) is 14.6 Å². The molecule has 0 saturated carbocycles. The lowest BCUT2D eigenvalue weighted by Crippen LogP contribution is -2.25. The molecule has 0 saturated heterocycles. The van der Waals surface area contributed by atoms with E-state index in [2.05, 4.69) is 10.3 Å². The van der Waals surface area contributed by atoms with Crippen molar-refractivity contribution >= 4 is 15.9 Å². The summed E-state index contributed by atoms with van der Waals surface area (Å²) in [5, 5.41) is 2.83. The van der Waals surface area contributed by atoms with E-state index in [0.29, 0.717) is 17.7 Å². The van der Waals surface area contributed by atoms with Crippen molar-refractivity contribution in [3.63, 3.8) is 0 Å². The molecule has 0 bridgehead atoms. The molecule has 1 aromatic heterocycles. The summed E-state index contributed by atoms with van der Waals surface area (Å²) in [4.78, 5) is 15.7. The fourth-order valence-electron chi connectivity index (χ4n) is 2.46. The van der Waals surface area contributed by atoms with Crippen LogP contribution in [-0.4, -0.2) is 37.7 Å². The zero-order valence-electron chi connectivity index (χ0n) is 14.6. The molecule has 0 fully saturated rings. The van der Waals surface area contributed by atoms with Crippen LogP contribution in [0.1, 0.15) is 32.9 Å². The molecule has 1 aromatic carbocycles. The summed E-state index contributed by atoms with van der Waals surface area (Å²) < 4.78 is 25.8. The number of aromatic nitrogens is 1. The number of amides is 1. The van der Waals surface area contributed by atoms with E-state index in [1.54, 1.807) is 19.1 Å². The number of benzene rings is 1. The number of carbonyl (C=O) groups is 1. The third kappa shape index (κ3) is 3.68. The standard InChI is InChI=1S/C17H23N3O3S/c1-11-6-7-14(9-16(11)24(22,23)20(4)5)17(21)18-10-15-8-12(2)19-13(15)3/h6-9,19H,10H2,1-5H3,(H,18,21). The second kappa shape index (κ2) is 6.78. The van der Waals surface area contributed by atoms with E-state index >= 15 is 0 Å². The second-order valence-electron chi connectivity index (χ2n) is 6.05. The number of aryl methyl sites for hydroxylation is 3. The molecule has 0 aliphatic carbocycles. The minimum absolute atomic E-state index is 0.147. The monoisotopic (exact) mass is 349 g/mol.